The summed E-state index contributed by atoms with van der Waals surface area (Å²) in [7, 11) is 1.80. The minimum Gasteiger partial charge on any atom is -0.398 e. The van der Waals surface area contributed by atoms with E-state index in [1.54, 1.807) is 7.05 Å². The first kappa shape index (κ1) is 9.03. The number of likely N-dealkylation sites (N-methyl/N-ethyl adjacent to an activating group) is 1. The monoisotopic (exact) mass is 166 g/mol. The van der Waals surface area contributed by atoms with Gasteiger partial charge in [0.2, 0.25) is 0 Å². The number of aliphatic hydroxyl groups is 1. The van der Waals surface area contributed by atoms with Gasteiger partial charge in [0.25, 0.3) is 0 Å². The van der Waals surface area contributed by atoms with Crippen LogP contribution in [-0.2, 0) is 0 Å². The Labute approximate surface area is 72.2 Å². The molecule has 0 aromatic heterocycles. The lowest BCUT2D eigenvalue weighted by Gasteiger charge is -2.15. The van der Waals surface area contributed by atoms with Gasteiger partial charge in [0.05, 0.1) is 12.6 Å². The van der Waals surface area contributed by atoms with E-state index in [4.69, 9.17) is 10.8 Å². The minimum absolute atomic E-state index is 0.0602. The van der Waals surface area contributed by atoms with Gasteiger partial charge in [0.15, 0.2) is 0 Å². The SMILES string of the molecule is CN[C@@H](CO)c1ccccc1N. The summed E-state index contributed by atoms with van der Waals surface area (Å²) in [6.07, 6.45) is 0. The Balaban J connectivity index is 2.92. The molecule has 12 heavy (non-hydrogen) atoms. The van der Waals surface area contributed by atoms with Crippen molar-refractivity contribution in [2.24, 2.45) is 0 Å². The summed E-state index contributed by atoms with van der Waals surface area (Å²) in [6, 6.07) is 7.46. The Morgan fingerprint density at radius 1 is 1.50 bits per heavy atom. The predicted molar refractivity (Wildman–Crippen MR) is 49.7 cm³/mol. The van der Waals surface area contributed by atoms with Gasteiger partial charge in [-0.25, -0.2) is 0 Å². The van der Waals surface area contributed by atoms with Crippen LogP contribution in [0.25, 0.3) is 0 Å². The second-order valence-electron chi connectivity index (χ2n) is 2.65. The highest BCUT2D eigenvalue weighted by atomic mass is 16.3. The molecule has 1 atom stereocenters. The fraction of sp³-hybridized carbons (Fsp3) is 0.333. The van der Waals surface area contributed by atoms with Crippen molar-refractivity contribution in [3.63, 3.8) is 0 Å². The number of nitrogens with two attached hydrogens (primary N) is 1. The molecule has 0 aliphatic heterocycles. The maximum Gasteiger partial charge on any atom is 0.0627 e. The standard InChI is InChI=1S/C9H14N2O/c1-11-9(6-12)7-4-2-3-5-8(7)10/h2-5,9,11-12H,6,10H2,1H3/t9-/m0/s1. The fourth-order valence-corrected chi connectivity index (χ4v) is 1.17. The molecule has 1 rings (SSSR count). The van der Waals surface area contributed by atoms with Gasteiger partial charge >= 0.3 is 0 Å². The van der Waals surface area contributed by atoms with Crippen LogP contribution in [0, 0.1) is 0 Å². The zero-order chi connectivity index (χ0) is 8.97. The first-order chi connectivity index (χ1) is 5.79. The maximum atomic E-state index is 8.99. The van der Waals surface area contributed by atoms with Crippen LogP contribution >= 0.6 is 0 Å². The third-order valence-corrected chi connectivity index (χ3v) is 1.90. The molecule has 3 heteroatoms. The van der Waals surface area contributed by atoms with E-state index in [9.17, 15) is 0 Å². The Kier molecular flexibility index (Phi) is 3.08. The smallest absolute Gasteiger partial charge is 0.0627 e. The summed E-state index contributed by atoms with van der Waals surface area (Å²) in [4.78, 5) is 0. The highest BCUT2D eigenvalue weighted by Crippen LogP contribution is 2.18. The van der Waals surface area contributed by atoms with Crippen molar-refractivity contribution < 1.29 is 5.11 Å². The van der Waals surface area contributed by atoms with Crippen LogP contribution < -0.4 is 11.1 Å². The number of anilines is 1. The second-order valence-corrected chi connectivity index (χ2v) is 2.65. The van der Waals surface area contributed by atoms with E-state index in [0.29, 0.717) is 5.69 Å². The molecule has 1 aromatic rings. The normalized spacial score (nSPS) is 12.8. The average molecular weight is 166 g/mol. The van der Waals surface area contributed by atoms with Gasteiger partial charge in [0, 0.05) is 5.69 Å². The number of aliphatic hydroxyl groups excluding tert-OH is 1. The zero-order valence-corrected chi connectivity index (χ0v) is 7.12. The molecule has 0 bridgehead atoms. The van der Waals surface area contributed by atoms with E-state index in [1.165, 1.54) is 0 Å². The van der Waals surface area contributed by atoms with E-state index >= 15 is 0 Å². The summed E-state index contributed by atoms with van der Waals surface area (Å²) >= 11 is 0. The zero-order valence-electron chi connectivity index (χ0n) is 7.12. The molecule has 0 spiro atoms. The fourth-order valence-electron chi connectivity index (χ4n) is 1.17. The molecule has 0 fully saturated rings. The topological polar surface area (TPSA) is 58.3 Å². The molecule has 0 aliphatic rings. The van der Waals surface area contributed by atoms with Gasteiger partial charge in [-0.2, -0.15) is 0 Å². The number of hydrogen-bond donors (Lipinski definition) is 3. The molecular formula is C9H14N2O. The number of para-hydroxylation sites is 1. The van der Waals surface area contributed by atoms with Gasteiger partial charge in [0.1, 0.15) is 0 Å². The molecule has 0 amide bonds. The molecule has 0 unspecified atom stereocenters. The molecule has 0 saturated carbocycles. The first-order valence-electron chi connectivity index (χ1n) is 3.92. The Bertz CT molecular complexity index is 246. The third-order valence-electron chi connectivity index (χ3n) is 1.90. The van der Waals surface area contributed by atoms with E-state index in [2.05, 4.69) is 5.32 Å². The van der Waals surface area contributed by atoms with Crippen LogP contribution in [0.1, 0.15) is 11.6 Å². The number of rotatable bonds is 3. The quantitative estimate of drug-likeness (QED) is 0.574. The maximum absolute atomic E-state index is 8.99. The third kappa shape index (κ3) is 1.75. The lowest BCUT2D eigenvalue weighted by atomic mass is 10.1. The lowest BCUT2D eigenvalue weighted by Crippen LogP contribution is -2.20. The van der Waals surface area contributed by atoms with Crippen molar-refractivity contribution in [1.82, 2.24) is 5.32 Å². The van der Waals surface area contributed by atoms with Crippen molar-refractivity contribution in [2.75, 3.05) is 19.4 Å². The molecule has 0 saturated heterocycles. The molecular weight excluding hydrogens is 152 g/mol. The van der Waals surface area contributed by atoms with Gasteiger partial charge in [-0.05, 0) is 18.7 Å². The van der Waals surface area contributed by atoms with E-state index in [0.717, 1.165) is 5.56 Å². The highest BCUT2D eigenvalue weighted by molar-refractivity contribution is 5.48. The molecule has 4 N–H and O–H groups in total. The Hall–Kier alpha value is -1.06. The number of benzene rings is 1. The number of nitrogen functional groups attached to an aromatic ring is 1. The second kappa shape index (κ2) is 4.09. The number of nitrogens with one attached hydrogen (secondary N) is 1. The van der Waals surface area contributed by atoms with Crippen molar-refractivity contribution >= 4 is 5.69 Å². The molecule has 0 heterocycles. The molecule has 66 valence electrons. The van der Waals surface area contributed by atoms with Crippen LogP contribution in [0.4, 0.5) is 5.69 Å². The molecule has 0 aliphatic carbocycles. The van der Waals surface area contributed by atoms with Crippen LogP contribution in [-0.4, -0.2) is 18.8 Å². The largest absolute Gasteiger partial charge is 0.398 e. The summed E-state index contributed by atoms with van der Waals surface area (Å²) in [5, 5.41) is 12.0. The van der Waals surface area contributed by atoms with Crippen molar-refractivity contribution in [3.8, 4) is 0 Å². The summed E-state index contributed by atoms with van der Waals surface area (Å²) in [5.74, 6) is 0. The lowest BCUT2D eigenvalue weighted by molar-refractivity contribution is 0.251. The Morgan fingerprint density at radius 3 is 2.67 bits per heavy atom. The predicted octanol–water partition coefficient (Wildman–Crippen LogP) is 0.522. The molecule has 3 nitrogen and oxygen atoms in total. The van der Waals surface area contributed by atoms with Crippen molar-refractivity contribution in [2.45, 2.75) is 6.04 Å². The van der Waals surface area contributed by atoms with Crippen LogP contribution in [0.3, 0.4) is 0 Å². The highest BCUT2D eigenvalue weighted by Gasteiger charge is 2.09. The Morgan fingerprint density at radius 2 is 2.17 bits per heavy atom. The average Bonchev–Trinajstić information content (AvgIpc) is 2.10. The van der Waals surface area contributed by atoms with Crippen LogP contribution in [0.5, 0.6) is 0 Å². The first-order valence-corrected chi connectivity index (χ1v) is 3.92. The van der Waals surface area contributed by atoms with Gasteiger partial charge in [-0.1, -0.05) is 18.2 Å². The van der Waals surface area contributed by atoms with Crippen molar-refractivity contribution in [3.05, 3.63) is 29.8 Å². The van der Waals surface area contributed by atoms with Gasteiger partial charge in [-0.15, -0.1) is 0 Å². The van der Waals surface area contributed by atoms with E-state index in [-0.39, 0.29) is 12.6 Å². The molecule has 1 aromatic carbocycles. The number of hydrogen-bond acceptors (Lipinski definition) is 3. The van der Waals surface area contributed by atoms with Crippen molar-refractivity contribution in [1.29, 1.82) is 0 Å². The van der Waals surface area contributed by atoms with E-state index < -0.39 is 0 Å². The summed E-state index contributed by atoms with van der Waals surface area (Å²) in [6.45, 7) is 0.0602. The van der Waals surface area contributed by atoms with Gasteiger partial charge < -0.3 is 16.2 Å². The van der Waals surface area contributed by atoms with Crippen LogP contribution in [0.15, 0.2) is 24.3 Å². The summed E-state index contributed by atoms with van der Waals surface area (Å²) in [5.41, 5.74) is 7.38. The molecule has 0 radical (unpaired) electrons. The van der Waals surface area contributed by atoms with Gasteiger partial charge in [-0.3, -0.25) is 0 Å². The van der Waals surface area contributed by atoms with Crippen LogP contribution in [0.2, 0.25) is 0 Å². The summed E-state index contributed by atoms with van der Waals surface area (Å²) < 4.78 is 0. The van der Waals surface area contributed by atoms with E-state index in [1.807, 2.05) is 24.3 Å². The minimum atomic E-state index is -0.0637.